The van der Waals surface area contributed by atoms with Crippen molar-refractivity contribution in [3.05, 3.63) is 59.0 Å². The number of fused-ring (bicyclic) bond motifs is 1. The van der Waals surface area contributed by atoms with Crippen molar-refractivity contribution in [1.29, 1.82) is 0 Å². The standard InChI is InChI=1S/C17H16ClN3O4S/c1-19-26(23,24)13-8-15(21(2)9-13)17(22)25-10-12-7-11-5-3-4-6-14(11)20-16(12)18/h3-9,19H,10H2,1-2H3. The van der Waals surface area contributed by atoms with E-state index in [1.54, 1.807) is 13.1 Å². The summed E-state index contributed by atoms with van der Waals surface area (Å²) in [5.74, 6) is -0.658. The number of nitrogens with zero attached hydrogens (tertiary/aromatic N) is 2. The Kier molecular flexibility index (Phi) is 4.99. The highest BCUT2D eigenvalue weighted by Gasteiger charge is 2.20. The molecule has 0 fully saturated rings. The average Bonchev–Trinajstić information content (AvgIpc) is 3.02. The maximum Gasteiger partial charge on any atom is 0.355 e. The molecular weight excluding hydrogens is 378 g/mol. The maximum absolute atomic E-state index is 12.3. The lowest BCUT2D eigenvalue weighted by Gasteiger charge is -2.08. The highest BCUT2D eigenvalue weighted by atomic mass is 35.5. The van der Waals surface area contributed by atoms with E-state index in [9.17, 15) is 13.2 Å². The van der Waals surface area contributed by atoms with Crippen LogP contribution in [0.15, 0.2) is 47.5 Å². The van der Waals surface area contributed by atoms with Gasteiger partial charge in [0, 0.05) is 24.2 Å². The quantitative estimate of drug-likeness (QED) is 0.531. The van der Waals surface area contributed by atoms with Crippen molar-refractivity contribution in [1.82, 2.24) is 14.3 Å². The van der Waals surface area contributed by atoms with Crippen LogP contribution >= 0.6 is 11.6 Å². The maximum atomic E-state index is 12.3. The van der Waals surface area contributed by atoms with Crippen molar-refractivity contribution in [2.75, 3.05) is 7.05 Å². The number of pyridine rings is 1. The van der Waals surface area contributed by atoms with Gasteiger partial charge in [-0.2, -0.15) is 0 Å². The van der Waals surface area contributed by atoms with Crippen LogP contribution < -0.4 is 4.72 Å². The zero-order valence-corrected chi connectivity index (χ0v) is 15.6. The Morgan fingerprint density at radius 3 is 2.77 bits per heavy atom. The number of aryl methyl sites for hydroxylation is 1. The summed E-state index contributed by atoms with van der Waals surface area (Å²) in [6.45, 7) is -0.0746. The largest absolute Gasteiger partial charge is 0.456 e. The summed E-state index contributed by atoms with van der Waals surface area (Å²) in [4.78, 5) is 16.6. The number of ether oxygens (including phenoxy) is 1. The fourth-order valence-corrected chi connectivity index (χ4v) is 3.46. The Balaban J connectivity index is 1.80. The third-order valence-electron chi connectivity index (χ3n) is 3.88. The number of hydrogen-bond acceptors (Lipinski definition) is 5. The van der Waals surface area contributed by atoms with Crippen LogP contribution in [0.4, 0.5) is 0 Å². The van der Waals surface area contributed by atoms with Crippen LogP contribution in [-0.2, 0) is 28.4 Å². The highest BCUT2D eigenvalue weighted by molar-refractivity contribution is 7.89. The van der Waals surface area contributed by atoms with E-state index in [1.807, 2.05) is 24.3 Å². The van der Waals surface area contributed by atoms with Crippen LogP contribution in [-0.4, -0.2) is 31.0 Å². The van der Waals surface area contributed by atoms with Crippen LogP contribution in [0, 0.1) is 0 Å². The number of carbonyl (C=O) groups excluding carboxylic acids is 1. The molecule has 9 heteroatoms. The van der Waals surface area contributed by atoms with Crippen molar-refractivity contribution >= 4 is 38.5 Å². The van der Waals surface area contributed by atoms with E-state index >= 15 is 0 Å². The lowest BCUT2D eigenvalue weighted by atomic mass is 10.2. The summed E-state index contributed by atoms with van der Waals surface area (Å²) in [6, 6.07) is 10.5. The van der Waals surface area contributed by atoms with Crippen LogP contribution in [0.1, 0.15) is 16.1 Å². The Morgan fingerprint density at radius 1 is 1.31 bits per heavy atom. The molecule has 0 aliphatic rings. The van der Waals surface area contributed by atoms with Crippen molar-refractivity contribution in [2.24, 2.45) is 7.05 Å². The van der Waals surface area contributed by atoms with Crippen molar-refractivity contribution < 1.29 is 17.9 Å². The van der Waals surface area contributed by atoms with Crippen LogP contribution in [0.25, 0.3) is 10.9 Å². The number of sulfonamides is 1. The Labute approximate surface area is 155 Å². The second-order valence-corrected chi connectivity index (χ2v) is 7.83. The number of carbonyl (C=O) groups is 1. The van der Waals surface area contributed by atoms with Crippen molar-refractivity contribution in [3.63, 3.8) is 0 Å². The predicted octanol–water partition coefficient (Wildman–Crippen LogP) is 2.49. The molecule has 1 N–H and O–H groups in total. The van der Waals surface area contributed by atoms with Gasteiger partial charge in [0.15, 0.2) is 0 Å². The molecule has 3 rings (SSSR count). The van der Waals surface area contributed by atoms with Gasteiger partial charge in [0.05, 0.1) is 5.52 Å². The summed E-state index contributed by atoms with van der Waals surface area (Å²) in [6.07, 6.45) is 1.34. The van der Waals surface area contributed by atoms with Gasteiger partial charge in [-0.1, -0.05) is 29.8 Å². The zero-order valence-electron chi connectivity index (χ0n) is 14.1. The molecule has 0 spiro atoms. The highest BCUT2D eigenvalue weighted by Crippen LogP contribution is 2.22. The zero-order chi connectivity index (χ0) is 18.9. The first-order valence-electron chi connectivity index (χ1n) is 7.63. The molecule has 0 aliphatic heterocycles. The predicted molar refractivity (Wildman–Crippen MR) is 97.5 cm³/mol. The van der Waals surface area contributed by atoms with E-state index in [2.05, 4.69) is 9.71 Å². The number of para-hydroxylation sites is 1. The SMILES string of the molecule is CNS(=O)(=O)c1cc(C(=O)OCc2cc3ccccc3nc2Cl)n(C)c1. The van der Waals surface area contributed by atoms with Crippen molar-refractivity contribution in [3.8, 4) is 0 Å². The lowest BCUT2D eigenvalue weighted by Crippen LogP contribution is -2.17. The van der Waals surface area contributed by atoms with Crippen molar-refractivity contribution in [2.45, 2.75) is 11.5 Å². The van der Waals surface area contributed by atoms with E-state index in [4.69, 9.17) is 16.3 Å². The fraction of sp³-hybridized carbons (Fsp3) is 0.176. The smallest absolute Gasteiger partial charge is 0.355 e. The first-order chi connectivity index (χ1) is 12.3. The molecule has 0 amide bonds. The van der Waals surface area contributed by atoms with Gasteiger partial charge >= 0.3 is 5.97 Å². The molecule has 0 aliphatic carbocycles. The molecule has 3 aromatic rings. The van der Waals surface area contributed by atoms with Gasteiger partial charge in [-0.05, 0) is 25.2 Å². The summed E-state index contributed by atoms with van der Waals surface area (Å²) < 4.78 is 32.6. The topological polar surface area (TPSA) is 90.3 Å². The summed E-state index contributed by atoms with van der Waals surface area (Å²) in [7, 11) is -0.775. The molecule has 7 nitrogen and oxygen atoms in total. The molecule has 136 valence electrons. The van der Waals surface area contributed by atoms with Crippen LogP contribution in [0.5, 0.6) is 0 Å². The van der Waals surface area contributed by atoms with Gasteiger partial charge in [-0.25, -0.2) is 22.9 Å². The Hall–Kier alpha value is -2.42. The number of halogens is 1. The minimum Gasteiger partial charge on any atom is -0.456 e. The van der Waals surface area contributed by atoms with Gasteiger partial charge < -0.3 is 9.30 Å². The molecule has 0 saturated carbocycles. The van der Waals surface area contributed by atoms with Gasteiger partial charge in [-0.3, -0.25) is 0 Å². The average molecular weight is 394 g/mol. The number of esters is 1. The van der Waals surface area contributed by atoms with E-state index in [1.165, 1.54) is 23.9 Å². The van der Waals surface area contributed by atoms with E-state index in [-0.39, 0.29) is 22.3 Å². The molecule has 0 atom stereocenters. The van der Waals surface area contributed by atoms with E-state index < -0.39 is 16.0 Å². The molecule has 26 heavy (non-hydrogen) atoms. The molecule has 0 unspecified atom stereocenters. The van der Waals surface area contributed by atoms with Crippen LogP contribution in [0.3, 0.4) is 0 Å². The monoisotopic (exact) mass is 393 g/mol. The van der Waals surface area contributed by atoms with E-state index in [0.29, 0.717) is 5.56 Å². The number of hydrogen-bond donors (Lipinski definition) is 1. The number of benzene rings is 1. The second-order valence-electron chi connectivity index (χ2n) is 5.59. The first-order valence-corrected chi connectivity index (χ1v) is 9.49. The summed E-state index contributed by atoms with van der Waals surface area (Å²) >= 11 is 6.15. The third kappa shape index (κ3) is 3.57. The van der Waals surface area contributed by atoms with Gasteiger partial charge in [0.25, 0.3) is 0 Å². The number of aromatic nitrogens is 2. The first kappa shape index (κ1) is 18.4. The molecular formula is C17H16ClN3O4S. The van der Waals surface area contributed by atoms with E-state index in [0.717, 1.165) is 10.9 Å². The van der Waals surface area contributed by atoms with Gasteiger partial charge in [0.1, 0.15) is 22.3 Å². The summed E-state index contributed by atoms with van der Waals surface area (Å²) in [5.41, 5.74) is 1.43. The molecule has 0 saturated heterocycles. The molecule has 0 radical (unpaired) electrons. The normalized spacial score (nSPS) is 11.7. The van der Waals surface area contributed by atoms with Gasteiger partial charge in [-0.15, -0.1) is 0 Å². The van der Waals surface area contributed by atoms with Crippen LogP contribution in [0.2, 0.25) is 5.15 Å². The lowest BCUT2D eigenvalue weighted by molar-refractivity contribution is 0.0461. The molecule has 2 heterocycles. The Bertz CT molecular complexity index is 1090. The molecule has 0 bridgehead atoms. The Morgan fingerprint density at radius 2 is 2.04 bits per heavy atom. The molecule has 2 aromatic heterocycles. The second kappa shape index (κ2) is 7.06. The van der Waals surface area contributed by atoms with Gasteiger partial charge in [0.2, 0.25) is 10.0 Å². The third-order valence-corrected chi connectivity index (χ3v) is 5.59. The summed E-state index contributed by atoms with van der Waals surface area (Å²) in [5, 5.41) is 1.13. The minimum absolute atomic E-state index is 0.0140. The number of rotatable bonds is 5. The molecule has 1 aromatic carbocycles. The minimum atomic E-state index is -3.64. The fourth-order valence-electron chi connectivity index (χ4n) is 2.46. The number of nitrogens with one attached hydrogen (secondary N) is 1.